The molecule has 0 bridgehead atoms. The number of allylic oxidation sites excluding steroid dienone is 1. The summed E-state index contributed by atoms with van der Waals surface area (Å²) in [7, 11) is 0. The molecule has 0 unspecified atom stereocenters. The van der Waals surface area contributed by atoms with Gasteiger partial charge >= 0.3 is 0 Å². The predicted molar refractivity (Wildman–Crippen MR) is 87.5 cm³/mol. The first-order chi connectivity index (χ1) is 10.6. The average Bonchev–Trinajstić information content (AvgIpc) is 2.93. The maximum Gasteiger partial charge on any atom is 0.0765 e. The van der Waals surface area contributed by atoms with Crippen molar-refractivity contribution < 1.29 is 26.5 Å². The average molecular weight is 353 g/mol. The molecule has 0 spiro atoms. The second kappa shape index (κ2) is 9.79. The fourth-order valence-corrected chi connectivity index (χ4v) is 2.54. The van der Waals surface area contributed by atoms with Gasteiger partial charge in [0, 0.05) is 41.6 Å². The number of hydrogen-bond donors (Lipinski definition) is 1. The van der Waals surface area contributed by atoms with Crippen LogP contribution in [0.5, 0.6) is 0 Å². The molecular weight excluding hydrogens is 331 g/mol. The van der Waals surface area contributed by atoms with E-state index in [0.29, 0.717) is 6.61 Å². The summed E-state index contributed by atoms with van der Waals surface area (Å²) >= 11 is 0. The van der Waals surface area contributed by atoms with Crippen molar-refractivity contribution in [2.45, 2.75) is 32.4 Å². The minimum absolute atomic E-state index is 0. The summed E-state index contributed by atoms with van der Waals surface area (Å²) in [6.07, 6.45) is 5.94. The van der Waals surface area contributed by atoms with E-state index in [-0.39, 0.29) is 35.3 Å². The van der Waals surface area contributed by atoms with Crippen LogP contribution in [0.1, 0.15) is 30.5 Å². The number of aryl methyl sites for hydroxylation is 1. The largest absolute Gasteiger partial charge is 0.372 e. The third-order valence-electron chi connectivity index (χ3n) is 3.50. The molecule has 2 rings (SSSR count). The molecule has 1 N–H and O–H groups in total. The van der Waals surface area contributed by atoms with Crippen molar-refractivity contribution in [2.75, 3.05) is 13.2 Å². The first-order valence-electron chi connectivity index (χ1n) is 7.44. The molecule has 23 heavy (non-hydrogen) atoms. The molecule has 5 heteroatoms. The SMILES string of the molecule is C=CC=N/C=C(\C)CO[C@@H]1CCN[C@@H]1c1[c-]c(C)cc(F)c1.[Cr]. The molecular formula is C18H22CrFN2O-. The van der Waals surface area contributed by atoms with E-state index in [1.165, 1.54) is 12.1 Å². The summed E-state index contributed by atoms with van der Waals surface area (Å²) in [4.78, 5) is 4.08. The van der Waals surface area contributed by atoms with Gasteiger partial charge in [0.25, 0.3) is 0 Å². The zero-order valence-electron chi connectivity index (χ0n) is 13.5. The quantitative estimate of drug-likeness (QED) is 0.627. The van der Waals surface area contributed by atoms with Crippen molar-refractivity contribution in [3.63, 3.8) is 0 Å². The fraction of sp³-hybridized carbons (Fsp3) is 0.389. The molecule has 1 saturated heterocycles. The summed E-state index contributed by atoms with van der Waals surface area (Å²) in [5.41, 5.74) is 2.66. The van der Waals surface area contributed by atoms with Crippen LogP contribution in [0.4, 0.5) is 4.39 Å². The monoisotopic (exact) mass is 353 g/mol. The van der Waals surface area contributed by atoms with Gasteiger partial charge in [-0.1, -0.05) is 19.6 Å². The molecule has 124 valence electrons. The second-order valence-corrected chi connectivity index (χ2v) is 5.52. The van der Waals surface area contributed by atoms with E-state index in [1.54, 1.807) is 18.5 Å². The first-order valence-corrected chi connectivity index (χ1v) is 7.44. The summed E-state index contributed by atoms with van der Waals surface area (Å²) < 4.78 is 19.5. The van der Waals surface area contributed by atoms with Crippen LogP contribution < -0.4 is 5.32 Å². The molecule has 1 fully saturated rings. The topological polar surface area (TPSA) is 33.6 Å². The molecule has 1 aliphatic rings. The number of rotatable bonds is 6. The van der Waals surface area contributed by atoms with E-state index < -0.39 is 0 Å². The normalized spacial score (nSPS) is 21.4. The van der Waals surface area contributed by atoms with Gasteiger partial charge in [-0.05, 0) is 25.5 Å². The summed E-state index contributed by atoms with van der Waals surface area (Å²) in [6.45, 7) is 8.75. The van der Waals surface area contributed by atoms with Crippen LogP contribution in [0.3, 0.4) is 0 Å². The molecule has 1 heterocycles. The summed E-state index contributed by atoms with van der Waals surface area (Å²) in [5.74, 6) is -0.228. The van der Waals surface area contributed by atoms with Crippen LogP contribution in [0.25, 0.3) is 0 Å². The zero-order valence-corrected chi connectivity index (χ0v) is 14.8. The van der Waals surface area contributed by atoms with E-state index in [4.69, 9.17) is 4.74 Å². The molecule has 1 aromatic carbocycles. The van der Waals surface area contributed by atoms with E-state index in [0.717, 1.165) is 29.7 Å². The van der Waals surface area contributed by atoms with Gasteiger partial charge in [0.1, 0.15) is 0 Å². The number of halogens is 1. The Bertz CT molecular complexity index is 566. The first kappa shape index (κ1) is 19.8. The van der Waals surface area contributed by atoms with Gasteiger partial charge in [0.15, 0.2) is 0 Å². The molecule has 0 saturated carbocycles. The third-order valence-corrected chi connectivity index (χ3v) is 3.50. The van der Waals surface area contributed by atoms with Crippen LogP contribution in [-0.2, 0) is 22.1 Å². The molecule has 0 radical (unpaired) electrons. The number of nitrogens with one attached hydrogen (secondary N) is 1. The van der Waals surface area contributed by atoms with Crippen LogP contribution in [0.2, 0.25) is 0 Å². The van der Waals surface area contributed by atoms with E-state index in [9.17, 15) is 4.39 Å². The van der Waals surface area contributed by atoms with Gasteiger partial charge in [0.2, 0.25) is 0 Å². The summed E-state index contributed by atoms with van der Waals surface area (Å²) in [5, 5.41) is 3.37. The van der Waals surface area contributed by atoms with E-state index in [1.807, 2.05) is 13.8 Å². The smallest absolute Gasteiger partial charge is 0.0765 e. The van der Waals surface area contributed by atoms with Crippen molar-refractivity contribution in [1.82, 2.24) is 5.32 Å². The molecule has 0 aromatic heterocycles. The third kappa shape index (κ3) is 6.04. The summed E-state index contributed by atoms with van der Waals surface area (Å²) in [6, 6.07) is 6.22. The standard InChI is InChI=1S/C18H22FN2O.Cr/c1-4-6-20-11-14(3)12-22-17-5-7-21-18(17)15-8-13(2)9-16(19)10-15;/h4,6,9-11,17-18,21H,1,5,7,12H2,2-3H3;/q-1;/b14-11+,20-6?;/t17-,18-;/m1./s1. The Kier molecular flexibility index (Phi) is 8.43. The Morgan fingerprint density at radius 3 is 3.04 bits per heavy atom. The van der Waals surface area contributed by atoms with Gasteiger partial charge in [-0.2, -0.15) is 11.6 Å². The maximum atomic E-state index is 13.6. The van der Waals surface area contributed by atoms with Crippen molar-refractivity contribution in [3.05, 3.63) is 59.6 Å². The second-order valence-electron chi connectivity index (χ2n) is 5.52. The van der Waals surface area contributed by atoms with Crippen molar-refractivity contribution >= 4 is 6.21 Å². The van der Waals surface area contributed by atoms with E-state index in [2.05, 4.69) is 23.0 Å². The fourth-order valence-electron chi connectivity index (χ4n) is 2.54. The number of nitrogens with zero attached hydrogens (tertiary/aromatic N) is 1. The van der Waals surface area contributed by atoms with Gasteiger partial charge < -0.3 is 10.1 Å². The Hall–Kier alpha value is -1.25. The Morgan fingerprint density at radius 2 is 2.35 bits per heavy atom. The van der Waals surface area contributed by atoms with E-state index >= 15 is 0 Å². The van der Waals surface area contributed by atoms with Gasteiger partial charge in [-0.3, -0.25) is 4.99 Å². The van der Waals surface area contributed by atoms with Gasteiger partial charge in [-0.15, -0.1) is 17.7 Å². The molecule has 0 amide bonds. The molecule has 3 nitrogen and oxygen atoms in total. The number of ether oxygens (including phenoxy) is 1. The zero-order chi connectivity index (χ0) is 15.9. The van der Waals surface area contributed by atoms with Crippen molar-refractivity contribution in [2.24, 2.45) is 4.99 Å². The molecule has 1 aliphatic heterocycles. The Morgan fingerprint density at radius 1 is 1.57 bits per heavy atom. The van der Waals surface area contributed by atoms with Crippen molar-refractivity contribution in [1.29, 1.82) is 0 Å². The molecule has 0 aliphatic carbocycles. The van der Waals surface area contributed by atoms with Crippen LogP contribution in [-0.4, -0.2) is 25.5 Å². The number of hydrogen-bond acceptors (Lipinski definition) is 3. The number of aliphatic imine (C=N–C) groups is 1. The maximum absolute atomic E-state index is 13.6. The predicted octanol–water partition coefficient (Wildman–Crippen LogP) is 3.51. The van der Waals surface area contributed by atoms with Gasteiger partial charge in [-0.25, -0.2) is 4.39 Å². The molecule has 1 aromatic rings. The Labute approximate surface area is 148 Å². The van der Waals surface area contributed by atoms with Gasteiger partial charge in [0.05, 0.1) is 12.7 Å². The van der Waals surface area contributed by atoms with Crippen LogP contribution >= 0.6 is 0 Å². The Balaban J connectivity index is 0.00000264. The molecule has 2 atom stereocenters. The van der Waals surface area contributed by atoms with Crippen LogP contribution in [0.15, 0.2) is 41.6 Å². The van der Waals surface area contributed by atoms with Crippen molar-refractivity contribution in [3.8, 4) is 0 Å². The minimum atomic E-state index is -0.228. The minimum Gasteiger partial charge on any atom is -0.372 e. The number of benzene rings is 1. The van der Waals surface area contributed by atoms with Crippen LogP contribution in [0, 0.1) is 18.8 Å².